The number of aliphatic hydroxyl groups excluding tert-OH is 1. The predicted octanol–water partition coefficient (Wildman–Crippen LogP) is 2.68. The van der Waals surface area contributed by atoms with Gasteiger partial charge in [-0.3, -0.25) is 0 Å². The highest BCUT2D eigenvalue weighted by molar-refractivity contribution is 7.10. The van der Waals surface area contributed by atoms with E-state index in [0.717, 1.165) is 19.3 Å². The molecular weight excluding hydrogens is 232 g/mol. The Kier molecular flexibility index (Phi) is 1.99. The Bertz CT molecular complexity index is 519. The fourth-order valence-corrected chi connectivity index (χ4v) is 4.44. The average molecular weight is 246 g/mol. The van der Waals surface area contributed by atoms with Gasteiger partial charge in [-0.15, -0.1) is 11.3 Å². The average Bonchev–Trinajstić information content (AvgIpc) is 3.00. The molecule has 3 atom stereocenters. The molecule has 3 nitrogen and oxygen atoms in total. The summed E-state index contributed by atoms with van der Waals surface area (Å²) in [6.07, 6.45) is 6.92. The largest absolute Gasteiger partial charge is 0.393 e. The fourth-order valence-electron chi connectivity index (χ4n) is 3.36. The van der Waals surface area contributed by atoms with Crippen molar-refractivity contribution in [1.82, 2.24) is 9.55 Å². The molecule has 1 saturated carbocycles. The first-order chi connectivity index (χ1) is 8.36. The standard InChI is InChI=1S/C13H14N2OS/c16-11-3-1-2-9(11)12-13-8(4-5-17-13)10-6-14-7-15(10)12/h4-7,9,11-12,16H,1-3H2/t9?,11-,12-/m1/s1. The summed E-state index contributed by atoms with van der Waals surface area (Å²) in [4.78, 5) is 5.67. The highest BCUT2D eigenvalue weighted by atomic mass is 32.1. The molecule has 0 saturated heterocycles. The van der Waals surface area contributed by atoms with Crippen LogP contribution in [0.2, 0.25) is 0 Å². The molecule has 88 valence electrons. The Labute approximate surface area is 104 Å². The molecule has 1 aliphatic carbocycles. The maximum atomic E-state index is 10.1. The van der Waals surface area contributed by atoms with E-state index in [1.165, 1.54) is 16.1 Å². The van der Waals surface area contributed by atoms with E-state index in [9.17, 15) is 5.11 Å². The Hall–Kier alpha value is -1.13. The SMILES string of the molecule is O[C@@H]1CCCC1[C@@H]1c2sccc2-c2cncn21. The summed E-state index contributed by atoms with van der Waals surface area (Å²) in [7, 11) is 0. The summed E-state index contributed by atoms with van der Waals surface area (Å²) >= 11 is 1.81. The van der Waals surface area contributed by atoms with Gasteiger partial charge in [-0.25, -0.2) is 4.98 Å². The number of nitrogens with zero attached hydrogens (tertiary/aromatic N) is 2. The van der Waals surface area contributed by atoms with Crippen LogP contribution in [-0.4, -0.2) is 20.8 Å². The maximum absolute atomic E-state index is 10.1. The Balaban J connectivity index is 1.87. The van der Waals surface area contributed by atoms with Crippen LogP contribution in [0, 0.1) is 5.92 Å². The van der Waals surface area contributed by atoms with E-state index in [0.29, 0.717) is 12.0 Å². The molecule has 1 aliphatic heterocycles. The first-order valence-electron chi connectivity index (χ1n) is 6.14. The van der Waals surface area contributed by atoms with Crippen LogP contribution >= 0.6 is 11.3 Å². The fraction of sp³-hybridized carbons (Fsp3) is 0.462. The third-order valence-corrected chi connectivity index (χ3v) is 5.13. The topological polar surface area (TPSA) is 38.1 Å². The third kappa shape index (κ3) is 1.22. The second-order valence-electron chi connectivity index (χ2n) is 4.99. The number of hydrogen-bond donors (Lipinski definition) is 1. The minimum atomic E-state index is -0.150. The molecule has 4 rings (SSSR count). The highest BCUT2D eigenvalue weighted by Crippen LogP contribution is 2.49. The van der Waals surface area contributed by atoms with E-state index in [1.54, 1.807) is 0 Å². The van der Waals surface area contributed by atoms with Crippen LogP contribution in [0.25, 0.3) is 11.3 Å². The van der Waals surface area contributed by atoms with E-state index in [4.69, 9.17) is 0 Å². The van der Waals surface area contributed by atoms with Crippen molar-refractivity contribution in [3.63, 3.8) is 0 Å². The van der Waals surface area contributed by atoms with Gasteiger partial charge in [0.2, 0.25) is 0 Å². The lowest BCUT2D eigenvalue weighted by atomic mass is 9.95. The summed E-state index contributed by atoms with van der Waals surface area (Å²) < 4.78 is 2.25. The van der Waals surface area contributed by atoms with Crippen LogP contribution < -0.4 is 0 Å². The highest BCUT2D eigenvalue weighted by Gasteiger charge is 2.40. The van der Waals surface area contributed by atoms with Crippen LogP contribution in [0.4, 0.5) is 0 Å². The summed E-state index contributed by atoms with van der Waals surface area (Å²) in [6.45, 7) is 0. The van der Waals surface area contributed by atoms with Crippen LogP contribution in [-0.2, 0) is 0 Å². The summed E-state index contributed by atoms with van der Waals surface area (Å²) in [5, 5.41) is 12.3. The second kappa shape index (κ2) is 3.43. The van der Waals surface area contributed by atoms with Gasteiger partial charge in [-0.1, -0.05) is 6.42 Å². The van der Waals surface area contributed by atoms with E-state index in [2.05, 4.69) is 21.0 Å². The molecule has 1 unspecified atom stereocenters. The predicted molar refractivity (Wildman–Crippen MR) is 67.0 cm³/mol. The van der Waals surface area contributed by atoms with Crippen molar-refractivity contribution < 1.29 is 5.11 Å². The number of thiophene rings is 1. The number of imidazole rings is 1. The Morgan fingerprint density at radius 1 is 1.41 bits per heavy atom. The van der Waals surface area contributed by atoms with Crippen molar-refractivity contribution >= 4 is 11.3 Å². The Morgan fingerprint density at radius 3 is 3.18 bits per heavy atom. The van der Waals surface area contributed by atoms with Gasteiger partial charge < -0.3 is 9.67 Å². The number of aliphatic hydroxyl groups is 1. The number of rotatable bonds is 1. The minimum Gasteiger partial charge on any atom is -0.393 e. The van der Waals surface area contributed by atoms with Crippen molar-refractivity contribution in [2.24, 2.45) is 5.92 Å². The number of hydrogen-bond acceptors (Lipinski definition) is 3. The van der Waals surface area contributed by atoms with E-state index in [1.807, 2.05) is 23.9 Å². The molecule has 3 heterocycles. The first-order valence-corrected chi connectivity index (χ1v) is 7.02. The summed E-state index contributed by atoms with van der Waals surface area (Å²) in [5.41, 5.74) is 2.53. The molecule has 2 aromatic rings. The Morgan fingerprint density at radius 2 is 2.35 bits per heavy atom. The van der Waals surface area contributed by atoms with Crippen LogP contribution in [0.1, 0.15) is 30.2 Å². The van der Waals surface area contributed by atoms with Crippen molar-refractivity contribution in [3.8, 4) is 11.3 Å². The quantitative estimate of drug-likeness (QED) is 0.840. The maximum Gasteiger partial charge on any atom is 0.0957 e. The van der Waals surface area contributed by atoms with Crippen LogP contribution in [0.5, 0.6) is 0 Å². The van der Waals surface area contributed by atoms with E-state index >= 15 is 0 Å². The van der Waals surface area contributed by atoms with Gasteiger partial charge in [-0.05, 0) is 24.3 Å². The zero-order valence-electron chi connectivity index (χ0n) is 9.41. The van der Waals surface area contributed by atoms with Gasteiger partial charge in [0.1, 0.15) is 0 Å². The zero-order valence-corrected chi connectivity index (χ0v) is 10.2. The third-order valence-electron chi connectivity index (χ3n) is 4.14. The first kappa shape index (κ1) is 9.85. The molecule has 0 bridgehead atoms. The van der Waals surface area contributed by atoms with Gasteiger partial charge in [0.05, 0.1) is 30.4 Å². The lowest BCUT2D eigenvalue weighted by Crippen LogP contribution is -2.23. The molecular formula is C13H14N2OS. The smallest absolute Gasteiger partial charge is 0.0957 e. The molecule has 4 heteroatoms. The van der Waals surface area contributed by atoms with Crippen molar-refractivity contribution in [1.29, 1.82) is 0 Å². The monoisotopic (exact) mass is 246 g/mol. The molecule has 0 spiro atoms. The van der Waals surface area contributed by atoms with E-state index < -0.39 is 0 Å². The van der Waals surface area contributed by atoms with Gasteiger partial charge >= 0.3 is 0 Å². The lowest BCUT2D eigenvalue weighted by Gasteiger charge is -2.23. The van der Waals surface area contributed by atoms with Crippen LogP contribution in [0.3, 0.4) is 0 Å². The number of aromatic nitrogens is 2. The van der Waals surface area contributed by atoms with Crippen molar-refractivity contribution in [3.05, 3.63) is 28.8 Å². The van der Waals surface area contributed by atoms with Crippen molar-refractivity contribution in [2.45, 2.75) is 31.4 Å². The zero-order chi connectivity index (χ0) is 11.4. The molecule has 0 radical (unpaired) electrons. The minimum absolute atomic E-state index is 0.150. The lowest BCUT2D eigenvalue weighted by molar-refractivity contribution is 0.113. The van der Waals surface area contributed by atoms with Crippen LogP contribution in [0.15, 0.2) is 24.0 Å². The molecule has 0 amide bonds. The number of fused-ring (bicyclic) bond motifs is 3. The summed E-state index contributed by atoms with van der Waals surface area (Å²) in [5.74, 6) is 0.364. The molecule has 17 heavy (non-hydrogen) atoms. The second-order valence-corrected chi connectivity index (χ2v) is 5.94. The van der Waals surface area contributed by atoms with Gasteiger partial charge in [0.15, 0.2) is 0 Å². The molecule has 2 aliphatic rings. The normalized spacial score (nSPS) is 30.5. The molecule has 0 aromatic carbocycles. The molecule has 2 aromatic heterocycles. The van der Waals surface area contributed by atoms with Crippen molar-refractivity contribution in [2.75, 3.05) is 0 Å². The van der Waals surface area contributed by atoms with E-state index in [-0.39, 0.29) is 6.10 Å². The van der Waals surface area contributed by atoms with Gasteiger partial charge in [-0.2, -0.15) is 0 Å². The summed E-state index contributed by atoms with van der Waals surface area (Å²) in [6, 6.07) is 2.49. The van der Waals surface area contributed by atoms with Gasteiger partial charge in [0.25, 0.3) is 0 Å². The molecule has 1 N–H and O–H groups in total. The molecule has 1 fully saturated rings. The van der Waals surface area contributed by atoms with Gasteiger partial charge in [0, 0.05) is 16.4 Å².